The lowest BCUT2D eigenvalue weighted by Gasteiger charge is -2.39. The van der Waals surface area contributed by atoms with Crippen LogP contribution in [0.1, 0.15) is 57.8 Å². The number of hydrogen-bond acceptors (Lipinski definition) is 5. The molecule has 0 aliphatic carbocycles. The van der Waals surface area contributed by atoms with Gasteiger partial charge in [0, 0.05) is 31.3 Å². The van der Waals surface area contributed by atoms with Crippen LogP contribution in [0.25, 0.3) is 5.70 Å². The van der Waals surface area contributed by atoms with Gasteiger partial charge in [0.2, 0.25) is 5.91 Å². The minimum absolute atomic E-state index is 0.0621. The molecule has 2 N–H and O–H groups in total. The molecule has 1 amide bonds. The first-order chi connectivity index (χ1) is 15.0. The molecule has 1 aromatic rings. The average molecular weight is 460 g/mol. The number of carbonyl (C=O) groups is 1. The molecule has 3 heterocycles. The highest BCUT2D eigenvalue weighted by molar-refractivity contribution is 6.70. The summed E-state index contributed by atoms with van der Waals surface area (Å²) in [5.74, 6) is 0.177. The number of aromatic nitrogens is 1. The number of carbonyl (C=O) groups excluding carboxylic acids is 1. The quantitative estimate of drug-likeness (QED) is 0.650. The number of nitrogens with two attached hydrogens (primary N) is 1. The molecule has 2 aliphatic heterocycles. The predicted molar refractivity (Wildman–Crippen MR) is 133 cm³/mol. The standard InChI is InChI=1S/C25H38ClN5O/c1-18-7-6-8-20(29-18)22(27)19(23(26)28-5)16-31-17-25(15-21(31)32)10-13-30(14-11-25)12-9-24(2,3)4/h6-8H,9-17,27H2,1-5H3/b22-19-,28-23?. The summed E-state index contributed by atoms with van der Waals surface area (Å²) in [4.78, 5) is 26.1. The van der Waals surface area contributed by atoms with Crippen LogP contribution in [0.2, 0.25) is 0 Å². The molecule has 0 bridgehead atoms. The van der Waals surface area contributed by atoms with E-state index in [0.29, 0.717) is 40.5 Å². The van der Waals surface area contributed by atoms with E-state index in [4.69, 9.17) is 17.3 Å². The van der Waals surface area contributed by atoms with Gasteiger partial charge in [-0.2, -0.15) is 0 Å². The predicted octanol–water partition coefficient (Wildman–Crippen LogP) is 4.08. The third kappa shape index (κ3) is 6.10. The Labute approximate surface area is 197 Å². The van der Waals surface area contributed by atoms with E-state index in [1.165, 1.54) is 6.42 Å². The highest BCUT2D eigenvalue weighted by Crippen LogP contribution is 2.41. The maximum Gasteiger partial charge on any atom is 0.223 e. The second-order valence-electron chi connectivity index (χ2n) is 10.6. The molecule has 6 nitrogen and oxygen atoms in total. The number of hydrogen-bond donors (Lipinski definition) is 1. The summed E-state index contributed by atoms with van der Waals surface area (Å²) in [6.45, 7) is 13.2. The molecule has 3 rings (SSSR count). The third-order valence-electron chi connectivity index (χ3n) is 6.78. The van der Waals surface area contributed by atoms with Crippen LogP contribution in [0.15, 0.2) is 28.8 Å². The Morgan fingerprint density at radius 3 is 2.56 bits per heavy atom. The molecule has 2 fully saturated rings. The van der Waals surface area contributed by atoms with Crippen molar-refractivity contribution < 1.29 is 4.79 Å². The summed E-state index contributed by atoms with van der Waals surface area (Å²) in [5.41, 5.74) is 9.57. The summed E-state index contributed by atoms with van der Waals surface area (Å²) in [5, 5.41) is 0.330. The SMILES string of the molecule is CN=C(Cl)/C(CN1CC2(CCN(CCC(C)(C)C)CC2)CC1=O)=C(\N)c1cccc(C)n1. The lowest BCUT2D eigenvalue weighted by Crippen LogP contribution is -2.42. The van der Waals surface area contributed by atoms with Crippen molar-refractivity contribution in [2.24, 2.45) is 21.6 Å². The molecule has 2 saturated heterocycles. The smallest absolute Gasteiger partial charge is 0.223 e. The molecule has 2 aliphatic rings. The zero-order chi connectivity index (χ0) is 23.5. The summed E-state index contributed by atoms with van der Waals surface area (Å²) in [7, 11) is 1.64. The molecule has 32 heavy (non-hydrogen) atoms. The van der Waals surface area contributed by atoms with Crippen molar-refractivity contribution in [2.75, 3.05) is 39.8 Å². The zero-order valence-electron chi connectivity index (χ0n) is 20.2. The first-order valence-electron chi connectivity index (χ1n) is 11.6. The minimum atomic E-state index is 0.0621. The number of pyridine rings is 1. The van der Waals surface area contributed by atoms with E-state index in [1.54, 1.807) is 7.05 Å². The van der Waals surface area contributed by atoms with Gasteiger partial charge in [0.05, 0.1) is 17.9 Å². The largest absolute Gasteiger partial charge is 0.397 e. The monoisotopic (exact) mass is 459 g/mol. The molecule has 0 saturated carbocycles. The van der Waals surface area contributed by atoms with Gasteiger partial charge in [-0.05, 0) is 68.8 Å². The Bertz CT molecular complexity index is 894. The van der Waals surface area contributed by atoms with Gasteiger partial charge in [0.15, 0.2) is 0 Å². The van der Waals surface area contributed by atoms with Gasteiger partial charge in [-0.15, -0.1) is 0 Å². The highest BCUT2D eigenvalue weighted by atomic mass is 35.5. The van der Waals surface area contributed by atoms with Gasteiger partial charge in [-0.1, -0.05) is 38.4 Å². The van der Waals surface area contributed by atoms with Gasteiger partial charge in [-0.25, -0.2) is 0 Å². The van der Waals surface area contributed by atoms with Crippen molar-refractivity contribution in [1.82, 2.24) is 14.8 Å². The van der Waals surface area contributed by atoms with Crippen LogP contribution in [-0.4, -0.2) is 65.6 Å². The van der Waals surface area contributed by atoms with Crippen LogP contribution < -0.4 is 5.73 Å². The maximum atomic E-state index is 13.0. The second-order valence-corrected chi connectivity index (χ2v) is 11.0. The van der Waals surface area contributed by atoms with E-state index in [-0.39, 0.29) is 11.3 Å². The third-order valence-corrected chi connectivity index (χ3v) is 7.18. The average Bonchev–Trinajstić information content (AvgIpc) is 3.04. The van der Waals surface area contributed by atoms with Crippen LogP contribution in [0.3, 0.4) is 0 Å². The van der Waals surface area contributed by atoms with Crippen molar-refractivity contribution in [2.45, 2.75) is 53.4 Å². The van der Waals surface area contributed by atoms with Crippen molar-refractivity contribution in [1.29, 1.82) is 0 Å². The molecule has 0 aromatic carbocycles. The first-order valence-corrected chi connectivity index (χ1v) is 12.0. The Hall–Kier alpha value is -1.92. The van der Waals surface area contributed by atoms with Gasteiger partial charge in [-0.3, -0.25) is 14.8 Å². The number of likely N-dealkylation sites (tertiary alicyclic amines) is 2. The number of halogens is 1. The molecule has 0 radical (unpaired) electrons. The van der Waals surface area contributed by atoms with E-state index in [1.807, 2.05) is 30.0 Å². The van der Waals surface area contributed by atoms with Crippen LogP contribution in [0.5, 0.6) is 0 Å². The number of nitrogens with zero attached hydrogens (tertiary/aromatic N) is 4. The Morgan fingerprint density at radius 1 is 1.28 bits per heavy atom. The van der Waals surface area contributed by atoms with Crippen molar-refractivity contribution >= 4 is 28.4 Å². The van der Waals surface area contributed by atoms with Gasteiger partial charge < -0.3 is 15.5 Å². The Morgan fingerprint density at radius 2 is 1.97 bits per heavy atom. The van der Waals surface area contributed by atoms with E-state index in [9.17, 15) is 4.79 Å². The number of aliphatic imine (C=N–C) groups is 1. The van der Waals surface area contributed by atoms with Gasteiger partial charge >= 0.3 is 0 Å². The molecular formula is C25H38ClN5O. The zero-order valence-corrected chi connectivity index (χ0v) is 21.0. The molecule has 0 unspecified atom stereocenters. The maximum absolute atomic E-state index is 13.0. The Balaban J connectivity index is 1.71. The van der Waals surface area contributed by atoms with E-state index >= 15 is 0 Å². The van der Waals surface area contributed by atoms with Gasteiger partial charge in [0.25, 0.3) is 0 Å². The van der Waals surface area contributed by atoms with Crippen LogP contribution in [0, 0.1) is 17.8 Å². The number of rotatable bonds is 6. The summed E-state index contributed by atoms with van der Waals surface area (Å²) in [6, 6.07) is 5.71. The molecule has 7 heteroatoms. The second kappa shape index (κ2) is 9.92. The molecular weight excluding hydrogens is 422 g/mol. The fraction of sp³-hybridized carbons (Fsp3) is 0.640. The molecule has 176 valence electrons. The highest BCUT2D eigenvalue weighted by Gasteiger charge is 2.45. The van der Waals surface area contributed by atoms with Crippen molar-refractivity contribution in [3.05, 3.63) is 35.2 Å². The van der Waals surface area contributed by atoms with Crippen LogP contribution in [0.4, 0.5) is 0 Å². The lowest BCUT2D eigenvalue weighted by atomic mass is 9.77. The number of aryl methyl sites for hydroxylation is 1. The number of amides is 1. The summed E-state index contributed by atoms with van der Waals surface area (Å²) < 4.78 is 0. The topological polar surface area (TPSA) is 74.8 Å². The normalized spacial score (nSPS) is 20.8. The van der Waals surface area contributed by atoms with E-state index < -0.39 is 0 Å². The number of piperidine rings is 1. The lowest BCUT2D eigenvalue weighted by molar-refractivity contribution is -0.127. The fourth-order valence-corrected chi connectivity index (χ4v) is 4.80. The Kier molecular flexibility index (Phi) is 7.66. The van der Waals surface area contributed by atoms with E-state index in [0.717, 1.165) is 44.7 Å². The van der Waals surface area contributed by atoms with Crippen molar-refractivity contribution in [3.8, 4) is 0 Å². The molecule has 1 spiro atoms. The summed E-state index contributed by atoms with van der Waals surface area (Å²) >= 11 is 6.45. The van der Waals surface area contributed by atoms with Crippen LogP contribution >= 0.6 is 11.6 Å². The van der Waals surface area contributed by atoms with Gasteiger partial charge in [0.1, 0.15) is 5.17 Å². The fourth-order valence-electron chi connectivity index (χ4n) is 4.64. The molecule has 0 atom stereocenters. The van der Waals surface area contributed by atoms with Crippen molar-refractivity contribution in [3.63, 3.8) is 0 Å². The molecule has 1 aromatic heterocycles. The summed E-state index contributed by atoms with van der Waals surface area (Å²) in [6.07, 6.45) is 3.92. The van der Waals surface area contributed by atoms with Crippen LogP contribution in [-0.2, 0) is 4.79 Å². The minimum Gasteiger partial charge on any atom is -0.397 e. The van der Waals surface area contributed by atoms with E-state index in [2.05, 4.69) is 35.6 Å². The first kappa shape index (κ1) is 24.7.